The number of likely N-dealkylation sites (N-methyl/N-ethyl adjacent to an activating group) is 1. The van der Waals surface area contributed by atoms with E-state index in [-0.39, 0.29) is 5.91 Å². The summed E-state index contributed by atoms with van der Waals surface area (Å²) in [5.74, 6) is 1.33. The first-order chi connectivity index (χ1) is 10.5. The molecule has 2 aromatic heterocycles. The lowest BCUT2D eigenvalue weighted by Gasteiger charge is -2.15. The molecule has 120 valence electrons. The number of amides is 1. The first-order valence-electron chi connectivity index (χ1n) is 7.16. The van der Waals surface area contributed by atoms with E-state index in [4.69, 9.17) is 16.6 Å². The molecule has 0 aromatic carbocycles. The molecule has 0 atom stereocenters. The fourth-order valence-electron chi connectivity index (χ4n) is 2.04. The van der Waals surface area contributed by atoms with Crippen molar-refractivity contribution in [1.82, 2.24) is 24.6 Å². The number of carbonyl (C=O) groups excluding carboxylic acids is 1. The van der Waals surface area contributed by atoms with Gasteiger partial charge < -0.3 is 14.3 Å². The average Bonchev–Trinajstić information content (AvgIpc) is 3.09. The van der Waals surface area contributed by atoms with Gasteiger partial charge in [-0.05, 0) is 37.8 Å². The summed E-state index contributed by atoms with van der Waals surface area (Å²) in [6, 6.07) is 3.64. The summed E-state index contributed by atoms with van der Waals surface area (Å²) in [5, 5.41) is 7.32. The normalized spacial score (nSPS) is 11.1. The predicted molar refractivity (Wildman–Crippen MR) is 85.7 cm³/mol. The molecule has 0 saturated carbocycles. The minimum atomic E-state index is -0.00180. The zero-order chi connectivity index (χ0) is 16.1. The molecular weight excluding hydrogens is 302 g/mol. The number of hydrogen-bond acceptors (Lipinski definition) is 5. The van der Waals surface area contributed by atoms with E-state index in [9.17, 15) is 4.79 Å². The summed E-state index contributed by atoms with van der Waals surface area (Å²) in [6.45, 7) is 3.45. The topological polar surface area (TPSA) is 68.2 Å². The van der Waals surface area contributed by atoms with Gasteiger partial charge in [0, 0.05) is 13.6 Å². The molecule has 8 heteroatoms. The van der Waals surface area contributed by atoms with Crippen molar-refractivity contribution >= 4 is 18.1 Å². The van der Waals surface area contributed by atoms with Crippen LogP contribution in [0.15, 0.2) is 22.8 Å². The zero-order valence-electron chi connectivity index (χ0n) is 13.1. The third-order valence-electron chi connectivity index (χ3n) is 3.14. The number of carbonyl (C=O) groups is 1. The largest absolute Gasteiger partial charge is 0.461 e. The third kappa shape index (κ3) is 3.83. The summed E-state index contributed by atoms with van der Waals surface area (Å²) >= 11 is 5.38. The Balaban J connectivity index is 2.06. The van der Waals surface area contributed by atoms with Gasteiger partial charge in [-0.25, -0.2) is 4.68 Å². The Labute approximate surface area is 134 Å². The summed E-state index contributed by atoms with van der Waals surface area (Å²) in [5.41, 5.74) is 0. The van der Waals surface area contributed by atoms with Crippen LogP contribution >= 0.6 is 12.2 Å². The van der Waals surface area contributed by atoms with E-state index in [2.05, 4.69) is 10.4 Å². The van der Waals surface area contributed by atoms with Crippen LogP contribution in [0.4, 0.5) is 0 Å². The van der Waals surface area contributed by atoms with Crippen LogP contribution in [0.5, 0.6) is 0 Å². The van der Waals surface area contributed by atoms with Crippen molar-refractivity contribution in [2.24, 2.45) is 7.05 Å². The lowest BCUT2D eigenvalue weighted by Crippen LogP contribution is -2.36. The Morgan fingerprint density at radius 2 is 2.32 bits per heavy atom. The van der Waals surface area contributed by atoms with E-state index >= 15 is 0 Å². The van der Waals surface area contributed by atoms with Crippen LogP contribution in [0.1, 0.15) is 13.3 Å². The van der Waals surface area contributed by atoms with Crippen molar-refractivity contribution in [2.45, 2.75) is 20.0 Å². The summed E-state index contributed by atoms with van der Waals surface area (Å²) in [4.78, 5) is 13.6. The van der Waals surface area contributed by atoms with Gasteiger partial charge in [0.15, 0.2) is 16.4 Å². The maximum Gasteiger partial charge on any atom is 0.234 e. The molecule has 2 rings (SSSR count). The number of furan rings is 1. The second kappa shape index (κ2) is 7.37. The molecule has 0 aliphatic carbocycles. The maximum absolute atomic E-state index is 11.7. The minimum Gasteiger partial charge on any atom is -0.461 e. The molecule has 1 N–H and O–H groups in total. The van der Waals surface area contributed by atoms with Gasteiger partial charge in [0.1, 0.15) is 0 Å². The van der Waals surface area contributed by atoms with Gasteiger partial charge >= 0.3 is 0 Å². The van der Waals surface area contributed by atoms with Crippen LogP contribution in [0, 0.1) is 4.77 Å². The van der Waals surface area contributed by atoms with Gasteiger partial charge in [-0.3, -0.25) is 9.69 Å². The first kappa shape index (κ1) is 16.4. The number of nitrogens with one attached hydrogen (secondary N) is 1. The Morgan fingerprint density at radius 1 is 1.55 bits per heavy atom. The molecule has 0 aliphatic rings. The quantitative estimate of drug-likeness (QED) is 0.784. The van der Waals surface area contributed by atoms with Crippen molar-refractivity contribution in [1.29, 1.82) is 0 Å². The van der Waals surface area contributed by atoms with Crippen LogP contribution in [-0.2, 0) is 18.5 Å². The van der Waals surface area contributed by atoms with Gasteiger partial charge in [0.05, 0.1) is 19.5 Å². The van der Waals surface area contributed by atoms with Crippen molar-refractivity contribution in [3.8, 4) is 11.6 Å². The fraction of sp³-hybridized carbons (Fsp3) is 0.500. The second-order valence-electron chi connectivity index (χ2n) is 5.15. The number of hydrogen-bond donors (Lipinski definition) is 1. The highest BCUT2D eigenvalue weighted by Gasteiger charge is 2.14. The fourth-order valence-corrected chi connectivity index (χ4v) is 2.23. The van der Waals surface area contributed by atoms with Crippen molar-refractivity contribution in [3.05, 3.63) is 23.2 Å². The molecular formula is C14H21N5O2S. The molecule has 1 amide bonds. The number of aromatic nitrogens is 3. The smallest absolute Gasteiger partial charge is 0.234 e. The second-order valence-corrected chi connectivity index (χ2v) is 5.51. The van der Waals surface area contributed by atoms with E-state index in [0.29, 0.717) is 36.1 Å². The molecule has 0 saturated heterocycles. The molecule has 0 fully saturated rings. The maximum atomic E-state index is 11.7. The number of nitrogens with zero attached hydrogens (tertiary/aromatic N) is 4. The van der Waals surface area contributed by atoms with E-state index < -0.39 is 0 Å². The molecule has 0 radical (unpaired) electrons. The van der Waals surface area contributed by atoms with E-state index in [1.807, 2.05) is 38.1 Å². The summed E-state index contributed by atoms with van der Waals surface area (Å²) in [6.07, 6.45) is 2.52. The van der Waals surface area contributed by atoms with E-state index in [0.717, 1.165) is 6.42 Å². The van der Waals surface area contributed by atoms with Crippen LogP contribution in [-0.4, -0.2) is 45.3 Å². The van der Waals surface area contributed by atoms with Crippen LogP contribution in [0.25, 0.3) is 11.6 Å². The highest BCUT2D eigenvalue weighted by molar-refractivity contribution is 7.71. The Kier molecular flexibility index (Phi) is 5.51. The van der Waals surface area contributed by atoms with E-state index in [1.54, 1.807) is 15.5 Å². The molecule has 0 aliphatic heterocycles. The molecule has 2 heterocycles. The summed E-state index contributed by atoms with van der Waals surface area (Å²) < 4.78 is 9.41. The standard InChI is InChI=1S/C14H21N5O2S/c1-4-7-15-12(20)9-17(2)10-19-14(22)18(3)13(16-19)11-6-5-8-21-11/h5-6,8H,4,7,9-10H2,1-3H3,(H,15,20). The predicted octanol–water partition coefficient (Wildman–Crippen LogP) is 1.63. The lowest BCUT2D eigenvalue weighted by molar-refractivity contribution is -0.122. The Hall–Kier alpha value is -1.93. The van der Waals surface area contributed by atoms with Crippen molar-refractivity contribution < 1.29 is 9.21 Å². The highest BCUT2D eigenvalue weighted by Crippen LogP contribution is 2.17. The molecule has 2 aromatic rings. The van der Waals surface area contributed by atoms with Gasteiger partial charge in [0.2, 0.25) is 5.91 Å². The molecule has 0 bridgehead atoms. The van der Waals surface area contributed by atoms with Gasteiger partial charge in [-0.1, -0.05) is 6.92 Å². The van der Waals surface area contributed by atoms with Crippen LogP contribution in [0.2, 0.25) is 0 Å². The van der Waals surface area contributed by atoms with Crippen molar-refractivity contribution in [2.75, 3.05) is 20.1 Å². The SMILES string of the molecule is CCCNC(=O)CN(C)Cn1nc(-c2ccco2)n(C)c1=S. The minimum absolute atomic E-state index is 0.00180. The monoisotopic (exact) mass is 323 g/mol. The van der Waals surface area contributed by atoms with Gasteiger partial charge in [0.25, 0.3) is 0 Å². The molecule has 22 heavy (non-hydrogen) atoms. The number of rotatable bonds is 7. The molecule has 7 nitrogen and oxygen atoms in total. The van der Waals surface area contributed by atoms with Crippen LogP contribution in [0.3, 0.4) is 0 Å². The van der Waals surface area contributed by atoms with E-state index in [1.165, 1.54) is 0 Å². The summed E-state index contributed by atoms with van der Waals surface area (Å²) in [7, 11) is 3.70. The van der Waals surface area contributed by atoms with Crippen LogP contribution < -0.4 is 5.32 Å². The van der Waals surface area contributed by atoms with Crippen molar-refractivity contribution in [3.63, 3.8) is 0 Å². The average molecular weight is 323 g/mol. The molecule has 0 unspecified atom stereocenters. The first-order valence-corrected chi connectivity index (χ1v) is 7.56. The Morgan fingerprint density at radius 3 is 2.95 bits per heavy atom. The lowest BCUT2D eigenvalue weighted by atomic mass is 10.4. The molecule has 0 spiro atoms. The van der Waals surface area contributed by atoms with Gasteiger partial charge in [-0.2, -0.15) is 0 Å². The third-order valence-corrected chi connectivity index (χ3v) is 3.63. The zero-order valence-corrected chi connectivity index (χ0v) is 13.9. The van der Waals surface area contributed by atoms with Gasteiger partial charge in [-0.15, -0.1) is 5.10 Å². The Bertz CT molecular complexity index is 674. The highest BCUT2D eigenvalue weighted by atomic mass is 32.1.